The van der Waals surface area contributed by atoms with Gasteiger partial charge in [0, 0.05) is 19.1 Å². The van der Waals surface area contributed by atoms with E-state index in [0.717, 1.165) is 43.8 Å². The molecule has 1 heterocycles. The number of nitrogens with zero attached hydrogens (tertiary/aromatic N) is 1. The molecular formula is C21H28N2O2. The zero-order valence-corrected chi connectivity index (χ0v) is 14.9. The molecule has 4 nitrogen and oxygen atoms in total. The molecule has 0 aliphatic carbocycles. The second-order valence-electron chi connectivity index (χ2n) is 6.73. The molecule has 0 unspecified atom stereocenters. The van der Waals surface area contributed by atoms with Crippen LogP contribution in [-0.2, 0) is 6.54 Å². The van der Waals surface area contributed by atoms with Crippen molar-refractivity contribution >= 4 is 0 Å². The highest BCUT2D eigenvalue weighted by Gasteiger charge is 2.20. The van der Waals surface area contributed by atoms with Gasteiger partial charge in [0.1, 0.15) is 5.75 Å². The van der Waals surface area contributed by atoms with Crippen molar-refractivity contribution in [1.82, 2.24) is 10.2 Å². The van der Waals surface area contributed by atoms with E-state index < -0.39 is 6.10 Å². The molecule has 1 fully saturated rings. The molecule has 3 rings (SSSR count). The summed E-state index contributed by atoms with van der Waals surface area (Å²) in [6.07, 6.45) is 1.78. The number of rotatable bonds is 7. The quantitative estimate of drug-likeness (QED) is 0.813. The highest BCUT2D eigenvalue weighted by Crippen LogP contribution is 2.18. The van der Waals surface area contributed by atoms with E-state index in [4.69, 9.17) is 4.74 Å². The predicted molar refractivity (Wildman–Crippen MR) is 101 cm³/mol. The largest absolute Gasteiger partial charge is 0.497 e. The maximum Gasteiger partial charge on any atom is 0.118 e. The number of methoxy groups -OCH3 is 1. The lowest BCUT2D eigenvalue weighted by molar-refractivity contribution is 0.149. The molecule has 0 spiro atoms. The third-order valence-corrected chi connectivity index (χ3v) is 4.94. The number of likely N-dealkylation sites (tertiary alicyclic amines) is 1. The lowest BCUT2D eigenvalue weighted by Crippen LogP contribution is -2.43. The highest BCUT2D eigenvalue weighted by molar-refractivity contribution is 5.28. The molecule has 2 aromatic rings. The van der Waals surface area contributed by atoms with Gasteiger partial charge in [-0.1, -0.05) is 42.5 Å². The molecule has 1 aliphatic heterocycles. The van der Waals surface area contributed by atoms with Gasteiger partial charge in [0.05, 0.1) is 13.2 Å². The highest BCUT2D eigenvalue weighted by atomic mass is 16.5. The van der Waals surface area contributed by atoms with Gasteiger partial charge in [-0.15, -0.1) is 0 Å². The molecular weight excluding hydrogens is 312 g/mol. The van der Waals surface area contributed by atoms with Gasteiger partial charge in [-0.2, -0.15) is 0 Å². The standard InChI is InChI=1S/C21H28N2O2/c1-25-20-9-7-18(8-10-20)21(24)15-22-19-11-13-23(14-12-19)16-17-5-3-2-4-6-17/h2-10,19,21-22,24H,11-16H2,1H3/t21-/m0/s1. The van der Waals surface area contributed by atoms with Crippen LogP contribution in [0.1, 0.15) is 30.1 Å². The molecule has 134 valence electrons. The van der Waals surface area contributed by atoms with Crippen molar-refractivity contribution in [2.24, 2.45) is 0 Å². The molecule has 4 heteroatoms. The van der Waals surface area contributed by atoms with Gasteiger partial charge >= 0.3 is 0 Å². The SMILES string of the molecule is COc1ccc([C@@H](O)CNC2CCN(Cc3ccccc3)CC2)cc1. The summed E-state index contributed by atoms with van der Waals surface area (Å²) in [7, 11) is 1.65. The summed E-state index contributed by atoms with van der Waals surface area (Å²) in [5.41, 5.74) is 2.30. The normalized spacial score (nSPS) is 17.4. The minimum atomic E-state index is -0.478. The second-order valence-corrected chi connectivity index (χ2v) is 6.73. The molecule has 1 atom stereocenters. The van der Waals surface area contributed by atoms with Gasteiger partial charge in [-0.3, -0.25) is 4.90 Å². The molecule has 0 saturated carbocycles. The summed E-state index contributed by atoms with van der Waals surface area (Å²) >= 11 is 0. The number of hydrogen-bond acceptors (Lipinski definition) is 4. The Morgan fingerprint density at radius 1 is 1.08 bits per heavy atom. The van der Waals surface area contributed by atoms with Crippen LogP contribution in [0.4, 0.5) is 0 Å². The lowest BCUT2D eigenvalue weighted by Gasteiger charge is -2.33. The number of benzene rings is 2. The minimum absolute atomic E-state index is 0.478. The van der Waals surface area contributed by atoms with Crippen LogP contribution < -0.4 is 10.1 Å². The fourth-order valence-electron chi connectivity index (χ4n) is 3.36. The lowest BCUT2D eigenvalue weighted by atomic mass is 10.0. The number of nitrogens with one attached hydrogen (secondary N) is 1. The Morgan fingerprint density at radius 3 is 2.40 bits per heavy atom. The van der Waals surface area contributed by atoms with E-state index in [1.54, 1.807) is 7.11 Å². The van der Waals surface area contributed by atoms with E-state index in [1.807, 2.05) is 24.3 Å². The maximum absolute atomic E-state index is 10.3. The molecule has 25 heavy (non-hydrogen) atoms. The van der Waals surface area contributed by atoms with Gasteiger partial charge in [0.25, 0.3) is 0 Å². The summed E-state index contributed by atoms with van der Waals surface area (Å²) in [4.78, 5) is 2.51. The van der Waals surface area contributed by atoms with Crippen LogP contribution in [0.5, 0.6) is 5.75 Å². The van der Waals surface area contributed by atoms with Crippen LogP contribution in [-0.4, -0.2) is 42.8 Å². The van der Waals surface area contributed by atoms with Crippen LogP contribution in [0, 0.1) is 0 Å². The van der Waals surface area contributed by atoms with Crippen LogP contribution in [0.2, 0.25) is 0 Å². The molecule has 0 bridgehead atoms. The molecule has 2 aromatic carbocycles. The molecule has 0 radical (unpaired) electrons. The van der Waals surface area contributed by atoms with Crippen LogP contribution in [0.25, 0.3) is 0 Å². The summed E-state index contributed by atoms with van der Waals surface area (Å²) in [5, 5.41) is 13.9. The minimum Gasteiger partial charge on any atom is -0.497 e. The average molecular weight is 340 g/mol. The third-order valence-electron chi connectivity index (χ3n) is 4.94. The zero-order chi connectivity index (χ0) is 17.5. The average Bonchev–Trinajstić information content (AvgIpc) is 2.68. The number of piperidine rings is 1. The Labute approximate surface area is 150 Å². The van der Waals surface area contributed by atoms with Gasteiger partial charge < -0.3 is 15.2 Å². The van der Waals surface area contributed by atoms with Gasteiger partial charge in [0.2, 0.25) is 0 Å². The van der Waals surface area contributed by atoms with E-state index in [1.165, 1.54) is 5.56 Å². The van der Waals surface area contributed by atoms with Crippen molar-refractivity contribution in [3.05, 3.63) is 65.7 Å². The first kappa shape index (κ1) is 17.9. The smallest absolute Gasteiger partial charge is 0.118 e. The first-order valence-electron chi connectivity index (χ1n) is 9.06. The van der Waals surface area contributed by atoms with Crippen molar-refractivity contribution in [3.8, 4) is 5.75 Å². The fraction of sp³-hybridized carbons (Fsp3) is 0.429. The van der Waals surface area contributed by atoms with Gasteiger partial charge in [0.15, 0.2) is 0 Å². The van der Waals surface area contributed by atoms with Crippen molar-refractivity contribution in [1.29, 1.82) is 0 Å². The monoisotopic (exact) mass is 340 g/mol. The van der Waals surface area contributed by atoms with E-state index >= 15 is 0 Å². The topological polar surface area (TPSA) is 44.7 Å². The Kier molecular flexibility index (Phi) is 6.45. The zero-order valence-electron chi connectivity index (χ0n) is 14.9. The van der Waals surface area contributed by atoms with Gasteiger partial charge in [-0.05, 0) is 49.2 Å². The first-order chi connectivity index (χ1) is 12.2. The first-order valence-corrected chi connectivity index (χ1v) is 9.06. The number of aliphatic hydroxyl groups excluding tert-OH is 1. The van der Waals surface area contributed by atoms with Crippen LogP contribution in [0.15, 0.2) is 54.6 Å². The second kappa shape index (κ2) is 8.99. The number of hydrogen-bond donors (Lipinski definition) is 2. The van der Waals surface area contributed by atoms with E-state index in [-0.39, 0.29) is 0 Å². The van der Waals surface area contributed by atoms with Gasteiger partial charge in [-0.25, -0.2) is 0 Å². The number of ether oxygens (including phenoxy) is 1. The van der Waals surface area contributed by atoms with Crippen molar-refractivity contribution in [2.75, 3.05) is 26.7 Å². The van der Waals surface area contributed by atoms with Crippen molar-refractivity contribution < 1.29 is 9.84 Å². The summed E-state index contributed by atoms with van der Waals surface area (Å²) in [6, 6.07) is 18.8. The predicted octanol–water partition coefficient (Wildman–Crippen LogP) is 2.98. The van der Waals surface area contributed by atoms with Crippen LogP contribution in [0.3, 0.4) is 0 Å². The molecule has 0 amide bonds. The summed E-state index contributed by atoms with van der Waals surface area (Å²) in [5.74, 6) is 0.815. The van der Waals surface area contributed by atoms with Crippen molar-refractivity contribution in [2.45, 2.75) is 31.5 Å². The van der Waals surface area contributed by atoms with E-state index in [0.29, 0.717) is 12.6 Å². The number of aliphatic hydroxyl groups is 1. The molecule has 1 aliphatic rings. The summed E-state index contributed by atoms with van der Waals surface area (Å²) in [6.45, 7) is 3.83. The van der Waals surface area contributed by atoms with E-state index in [9.17, 15) is 5.11 Å². The Balaban J connectivity index is 1.39. The maximum atomic E-state index is 10.3. The Hall–Kier alpha value is -1.88. The van der Waals surface area contributed by atoms with Crippen molar-refractivity contribution in [3.63, 3.8) is 0 Å². The molecule has 1 saturated heterocycles. The summed E-state index contributed by atoms with van der Waals surface area (Å²) < 4.78 is 5.15. The molecule has 0 aromatic heterocycles. The van der Waals surface area contributed by atoms with E-state index in [2.05, 4.69) is 40.5 Å². The van der Waals surface area contributed by atoms with Crippen LogP contribution >= 0.6 is 0 Å². The Bertz CT molecular complexity index is 622. The molecule has 2 N–H and O–H groups in total. The Morgan fingerprint density at radius 2 is 1.76 bits per heavy atom. The fourth-order valence-corrected chi connectivity index (χ4v) is 3.36. The third kappa shape index (κ3) is 5.30.